The maximum Gasteiger partial charge on any atom is 0.255 e. The first-order chi connectivity index (χ1) is 11.3. The molecule has 0 saturated carbocycles. The molecule has 2 aliphatic rings. The van der Waals surface area contributed by atoms with E-state index >= 15 is 0 Å². The molecule has 24 heavy (non-hydrogen) atoms. The van der Waals surface area contributed by atoms with Crippen molar-refractivity contribution in [3.05, 3.63) is 28.8 Å². The molecule has 6 nitrogen and oxygen atoms in total. The highest BCUT2D eigenvalue weighted by Gasteiger charge is 2.30. The molecule has 0 bridgehead atoms. The van der Waals surface area contributed by atoms with Gasteiger partial charge in [0.05, 0.1) is 22.0 Å². The van der Waals surface area contributed by atoms with Gasteiger partial charge in [0.1, 0.15) is 0 Å². The number of sulfonamides is 1. The Morgan fingerprint density at radius 1 is 1.25 bits per heavy atom. The fourth-order valence-electron chi connectivity index (χ4n) is 3.43. The zero-order valence-electron chi connectivity index (χ0n) is 13.8. The molecule has 2 aliphatic heterocycles. The quantitative estimate of drug-likeness (QED) is 0.859. The maximum absolute atomic E-state index is 12.8. The highest BCUT2D eigenvalue weighted by Crippen LogP contribution is 2.29. The number of anilines is 1. The summed E-state index contributed by atoms with van der Waals surface area (Å²) in [5, 5.41) is 3.68. The lowest BCUT2D eigenvalue weighted by molar-refractivity contribution is 0.0674. The van der Waals surface area contributed by atoms with Gasteiger partial charge < -0.3 is 10.2 Å². The number of carbonyl (C=O) groups excluding carboxylic acids is 1. The lowest BCUT2D eigenvalue weighted by atomic mass is 10.1. The summed E-state index contributed by atoms with van der Waals surface area (Å²) in [7, 11) is -3.25. The van der Waals surface area contributed by atoms with E-state index in [1.54, 1.807) is 23.1 Å². The molecule has 3 rings (SSSR count). The highest BCUT2D eigenvalue weighted by atomic mass is 35.5. The van der Waals surface area contributed by atoms with Crippen LogP contribution in [0.2, 0.25) is 5.02 Å². The number of rotatable bonds is 2. The Kier molecular flexibility index (Phi) is 4.77. The van der Waals surface area contributed by atoms with Gasteiger partial charge in [0.15, 0.2) is 0 Å². The van der Waals surface area contributed by atoms with Crippen LogP contribution in [-0.4, -0.2) is 56.7 Å². The predicted molar refractivity (Wildman–Crippen MR) is 95.2 cm³/mol. The van der Waals surface area contributed by atoms with Crippen LogP contribution in [0.25, 0.3) is 0 Å². The maximum atomic E-state index is 12.8. The van der Waals surface area contributed by atoms with E-state index in [2.05, 4.69) is 5.32 Å². The number of halogens is 1. The average Bonchev–Trinajstić information content (AvgIpc) is 2.85. The minimum absolute atomic E-state index is 0.115. The Balaban J connectivity index is 1.83. The van der Waals surface area contributed by atoms with Crippen LogP contribution in [0.1, 0.15) is 30.6 Å². The minimum atomic E-state index is -3.25. The first kappa shape index (κ1) is 17.5. The van der Waals surface area contributed by atoms with Crippen molar-refractivity contribution < 1.29 is 13.2 Å². The van der Waals surface area contributed by atoms with E-state index in [1.165, 1.54) is 4.31 Å². The van der Waals surface area contributed by atoms with Crippen LogP contribution >= 0.6 is 11.6 Å². The van der Waals surface area contributed by atoms with Gasteiger partial charge in [0.25, 0.3) is 5.91 Å². The van der Waals surface area contributed by atoms with Crippen LogP contribution < -0.4 is 9.62 Å². The van der Waals surface area contributed by atoms with E-state index in [-0.39, 0.29) is 23.7 Å². The molecule has 0 radical (unpaired) electrons. The molecule has 0 aliphatic carbocycles. The third-order valence-electron chi connectivity index (χ3n) is 4.42. The Morgan fingerprint density at radius 3 is 2.46 bits per heavy atom. The number of nitrogens with one attached hydrogen (secondary N) is 1. The van der Waals surface area contributed by atoms with Crippen molar-refractivity contribution in [1.82, 2.24) is 10.2 Å². The van der Waals surface area contributed by atoms with Gasteiger partial charge >= 0.3 is 0 Å². The Hall–Kier alpha value is -1.31. The molecule has 1 aromatic rings. The molecule has 2 fully saturated rings. The number of hydrogen-bond donors (Lipinski definition) is 1. The van der Waals surface area contributed by atoms with E-state index in [0.29, 0.717) is 42.3 Å². The van der Waals surface area contributed by atoms with Crippen molar-refractivity contribution in [1.29, 1.82) is 0 Å². The number of hydrogen-bond acceptors (Lipinski definition) is 4. The smallest absolute Gasteiger partial charge is 0.255 e. The number of nitrogens with zero attached hydrogens (tertiary/aromatic N) is 2. The average molecular weight is 372 g/mol. The van der Waals surface area contributed by atoms with Crippen LogP contribution in [0.4, 0.5) is 5.69 Å². The molecule has 1 amide bonds. The second-order valence-corrected chi connectivity index (χ2v) is 9.00. The molecule has 2 saturated heterocycles. The van der Waals surface area contributed by atoms with Crippen molar-refractivity contribution in [2.24, 2.45) is 0 Å². The largest absolute Gasteiger partial charge is 0.336 e. The van der Waals surface area contributed by atoms with E-state index in [9.17, 15) is 13.2 Å². The standard InChI is InChI=1S/C16H22ClN3O3S/c1-11-9-19(10-12(2)18-11)16(21)14-5-4-13(8-15(14)17)20-6-3-7-24(20,22)23/h4-5,8,11-12,18H,3,6-7,9-10H2,1-2H3/t11-,12-/m1/s1. The fourth-order valence-corrected chi connectivity index (χ4v) is 5.24. The summed E-state index contributed by atoms with van der Waals surface area (Å²) in [4.78, 5) is 14.5. The molecular weight excluding hydrogens is 350 g/mol. The van der Waals surface area contributed by atoms with Gasteiger partial charge in [-0.3, -0.25) is 9.10 Å². The number of carbonyl (C=O) groups is 1. The summed E-state index contributed by atoms with van der Waals surface area (Å²) < 4.78 is 25.4. The van der Waals surface area contributed by atoms with E-state index in [1.807, 2.05) is 13.8 Å². The zero-order chi connectivity index (χ0) is 17.5. The number of benzene rings is 1. The summed E-state index contributed by atoms with van der Waals surface area (Å²) in [5.41, 5.74) is 0.939. The van der Waals surface area contributed by atoms with E-state index in [4.69, 9.17) is 11.6 Å². The molecule has 0 spiro atoms. The van der Waals surface area contributed by atoms with Crippen LogP contribution in [0.3, 0.4) is 0 Å². The first-order valence-electron chi connectivity index (χ1n) is 8.13. The normalized spacial score (nSPS) is 26.6. The summed E-state index contributed by atoms with van der Waals surface area (Å²) in [6.45, 7) is 5.79. The molecule has 2 heterocycles. The van der Waals surface area contributed by atoms with Gasteiger partial charge in [-0.1, -0.05) is 11.6 Å². The van der Waals surface area contributed by atoms with Crippen LogP contribution in [-0.2, 0) is 10.0 Å². The Morgan fingerprint density at radius 2 is 1.92 bits per heavy atom. The van der Waals surface area contributed by atoms with Gasteiger partial charge in [-0.05, 0) is 38.5 Å². The molecule has 8 heteroatoms. The third kappa shape index (κ3) is 3.38. The molecular formula is C16H22ClN3O3S. The minimum Gasteiger partial charge on any atom is -0.336 e. The van der Waals surface area contributed by atoms with Gasteiger partial charge in [-0.15, -0.1) is 0 Å². The molecule has 2 atom stereocenters. The second kappa shape index (κ2) is 6.54. The lowest BCUT2D eigenvalue weighted by Gasteiger charge is -2.36. The summed E-state index contributed by atoms with van der Waals surface area (Å²) >= 11 is 6.30. The predicted octanol–water partition coefficient (Wildman–Crippen LogP) is 1.70. The Bertz CT molecular complexity index is 743. The van der Waals surface area contributed by atoms with Gasteiger partial charge in [-0.25, -0.2) is 8.42 Å². The summed E-state index contributed by atoms with van der Waals surface area (Å²) in [5.74, 6) is 0.0398. The van der Waals surface area contributed by atoms with Crippen molar-refractivity contribution >= 4 is 33.2 Å². The van der Waals surface area contributed by atoms with Crippen molar-refractivity contribution in [2.45, 2.75) is 32.4 Å². The summed E-state index contributed by atoms with van der Waals surface area (Å²) in [6, 6.07) is 5.32. The number of piperazine rings is 1. The van der Waals surface area contributed by atoms with Crippen LogP contribution in [0.5, 0.6) is 0 Å². The van der Waals surface area contributed by atoms with E-state index in [0.717, 1.165) is 0 Å². The second-order valence-electron chi connectivity index (χ2n) is 6.58. The van der Waals surface area contributed by atoms with Gasteiger partial charge in [0, 0.05) is 31.7 Å². The first-order valence-corrected chi connectivity index (χ1v) is 10.1. The topological polar surface area (TPSA) is 69.7 Å². The summed E-state index contributed by atoms with van der Waals surface area (Å²) in [6.07, 6.45) is 0.608. The highest BCUT2D eigenvalue weighted by molar-refractivity contribution is 7.93. The monoisotopic (exact) mass is 371 g/mol. The van der Waals surface area contributed by atoms with Crippen molar-refractivity contribution in [3.8, 4) is 0 Å². The molecule has 0 unspecified atom stereocenters. The lowest BCUT2D eigenvalue weighted by Crippen LogP contribution is -2.55. The van der Waals surface area contributed by atoms with Crippen LogP contribution in [0, 0.1) is 0 Å². The van der Waals surface area contributed by atoms with Crippen LogP contribution in [0.15, 0.2) is 18.2 Å². The Labute approximate surface area is 147 Å². The molecule has 1 aromatic carbocycles. The molecule has 0 aromatic heterocycles. The third-order valence-corrected chi connectivity index (χ3v) is 6.60. The fraction of sp³-hybridized carbons (Fsp3) is 0.562. The van der Waals surface area contributed by atoms with Crippen molar-refractivity contribution in [2.75, 3.05) is 29.7 Å². The van der Waals surface area contributed by atoms with Gasteiger partial charge in [0.2, 0.25) is 10.0 Å². The van der Waals surface area contributed by atoms with Gasteiger partial charge in [-0.2, -0.15) is 0 Å². The van der Waals surface area contributed by atoms with Crippen molar-refractivity contribution in [3.63, 3.8) is 0 Å². The molecule has 1 N–H and O–H groups in total. The molecule has 132 valence electrons. The zero-order valence-corrected chi connectivity index (χ0v) is 15.4. The SMILES string of the molecule is C[C@@H]1CN(C(=O)c2ccc(N3CCCS3(=O)=O)cc2Cl)C[C@@H](C)N1. The van der Waals surface area contributed by atoms with E-state index < -0.39 is 10.0 Å². The number of amides is 1.